The average Bonchev–Trinajstić information content (AvgIpc) is 2.41. The van der Waals surface area contributed by atoms with Crippen LogP contribution in [0, 0.1) is 23.3 Å². The van der Waals surface area contributed by atoms with Crippen molar-refractivity contribution in [3.8, 4) is 0 Å². The second-order valence-electron chi connectivity index (χ2n) is 3.96. The molecule has 0 aliphatic heterocycles. The van der Waals surface area contributed by atoms with E-state index in [0.29, 0.717) is 32.1 Å². The topological polar surface area (TPSA) is 18.5 Å². The van der Waals surface area contributed by atoms with Crippen molar-refractivity contribution in [2.24, 2.45) is 0 Å². The first kappa shape index (κ1) is 16.1. The summed E-state index contributed by atoms with van der Waals surface area (Å²) in [5.74, 6) is -6.51. The molecular formula is C12H16F4O2Si. The minimum atomic E-state index is -2.77. The first-order chi connectivity index (χ1) is 9.02. The first-order valence-corrected chi connectivity index (χ1v) is 7.61. The van der Waals surface area contributed by atoms with Gasteiger partial charge in [-0.15, -0.1) is 0 Å². The van der Waals surface area contributed by atoms with E-state index in [2.05, 4.69) is 0 Å². The van der Waals surface area contributed by atoms with Crippen LogP contribution >= 0.6 is 0 Å². The van der Waals surface area contributed by atoms with Gasteiger partial charge in [0, 0.05) is 18.4 Å². The summed E-state index contributed by atoms with van der Waals surface area (Å²) < 4.78 is 63.5. The van der Waals surface area contributed by atoms with Gasteiger partial charge in [-0.2, -0.15) is 0 Å². The molecule has 0 spiro atoms. The molecule has 0 fully saturated rings. The van der Waals surface area contributed by atoms with Gasteiger partial charge >= 0.3 is 9.28 Å². The van der Waals surface area contributed by atoms with Crippen LogP contribution in [0.25, 0.3) is 0 Å². The lowest BCUT2D eigenvalue weighted by atomic mass is 10.3. The number of rotatable bonds is 7. The molecule has 0 N–H and O–H groups in total. The van der Waals surface area contributed by atoms with E-state index in [1.807, 2.05) is 13.8 Å². The van der Waals surface area contributed by atoms with Crippen molar-refractivity contribution in [3.05, 3.63) is 29.3 Å². The molecule has 0 aromatic heterocycles. The maximum atomic E-state index is 13.6. The van der Waals surface area contributed by atoms with Crippen LogP contribution in [0.1, 0.15) is 26.7 Å². The minimum Gasteiger partial charge on any atom is -0.393 e. The zero-order valence-corrected chi connectivity index (χ0v) is 12.0. The van der Waals surface area contributed by atoms with E-state index in [9.17, 15) is 17.6 Å². The van der Waals surface area contributed by atoms with Crippen LogP contribution in [0.15, 0.2) is 6.07 Å². The summed E-state index contributed by atoms with van der Waals surface area (Å²) in [5.41, 5.74) is 0. The van der Waals surface area contributed by atoms with E-state index in [1.54, 1.807) is 0 Å². The Balaban J connectivity index is 3.06. The zero-order chi connectivity index (χ0) is 14.4. The van der Waals surface area contributed by atoms with E-state index in [4.69, 9.17) is 8.85 Å². The lowest BCUT2D eigenvalue weighted by Gasteiger charge is -2.17. The average molecular weight is 296 g/mol. The monoisotopic (exact) mass is 296 g/mol. The third-order valence-electron chi connectivity index (χ3n) is 2.33. The Hall–Kier alpha value is -0.923. The van der Waals surface area contributed by atoms with Crippen LogP contribution < -0.4 is 5.19 Å². The van der Waals surface area contributed by atoms with E-state index >= 15 is 0 Å². The fourth-order valence-corrected chi connectivity index (χ4v) is 3.41. The molecule has 0 heterocycles. The predicted octanol–water partition coefficient (Wildman–Crippen LogP) is 2.52. The molecule has 0 aliphatic carbocycles. The van der Waals surface area contributed by atoms with Crippen LogP contribution in [-0.4, -0.2) is 22.5 Å². The van der Waals surface area contributed by atoms with E-state index in [0.717, 1.165) is 0 Å². The smallest absolute Gasteiger partial charge is 0.359 e. The molecule has 0 radical (unpaired) electrons. The van der Waals surface area contributed by atoms with E-state index < -0.39 is 32.6 Å². The summed E-state index contributed by atoms with van der Waals surface area (Å²) in [6.07, 6.45) is 1.32. The summed E-state index contributed by atoms with van der Waals surface area (Å²) >= 11 is 0. The normalized spacial score (nSPS) is 11.3. The van der Waals surface area contributed by atoms with Crippen molar-refractivity contribution in [3.63, 3.8) is 0 Å². The first-order valence-electron chi connectivity index (χ1n) is 6.08. The molecule has 0 unspecified atom stereocenters. The number of halogens is 4. The molecule has 2 nitrogen and oxygen atoms in total. The molecule has 19 heavy (non-hydrogen) atoms. The highest BCUT2D eigenvalue weighted by Crippen LogP contribution is 2.13. The van der Waals surface area contributed by atoms with Crippen molar-refractivity contribution in [2.75, 3.05) is 13.2 Å². The molecule has 0 bridgehead atoms. The Morgan fingerprint density at radius 1 is 0.895 bits per heavy atom. The third-order valence-corrected chi connectivity index (χ3v) is 4.34. The minimum absolute atomic E-state index is 0.292. The molecule has 7 heteroatoms. The van der Waals surface area contributed by atoms with Gasteiger partial charge in [-0.25, -0.2) is 17.6 Å². The quantitative estimate of drug-likeness (QED) is 0.333. The van der Waals surface area contributed by atoms with Gasteiger partial charge < -0.3 is 8.85 Å². The van der Waals surface area contributed by atoms with Gasteiger partial charge in [0.15, 0.2) is 23.3 Å². The van der Waals surface area contributed by atoms with Crippen molar-refractivity contribution in [1.29, 1.82) is 0 Å². The highest BCUT2D eigenvalue weighted by atomic mass is 28.3. The zero-order valence-electron chi connectivity index (χ0n) is 10.8. The SMILES string of the molecule is CCCO[SiH](OCCC)c1cc(F)c(F)c(F)c1F. The van der Waals surface area contributed by atoms with Crippen LogP contribution in [0.2, 0.25) is 0 Å². The maximum absolute atomic E-state index is 13.6. The Labute approximate surface area is 111 Å². The van der Waals surface area contributed by atoms with Crippen molar-refractivity contribution >= 4 is 14.5 Å². The lowest BCUT2D eigenvalue weighted by molar-refractivity contribution is 0.206. The Bertz CT molecular complexity index is 421. The Morgan fingerprint density at radius 2 is 1.42 bits per heavy atom. The van der Waals surface area contributed by atoms with Gasteiger partial charge in [0.2, 0.25) is 0 Å². The highest BCUT2D eigenvalue weighted by molar-refractivity contribution is 6.61. The van der Waals surface area contributed by atoms with Crippen molar-refractivity contribution in [2.45, 2.75) is 26.7 Å². The van der Waals surface area contributed by atoms with Gasteiger partial charge in [-0.3, -0.25) is 0 Å². The van der Waals surface area contributed by atoms with Crippen molar-refractivity contribution in [1.82, 2.24) is 0 Å². The van der Waals surface area contributed by atoms with Gasteiger partial charge in [-0.1, -0.05) is 13.8 Å². The fraction of sp³-hybridized carbons (Fsp3) is 0.500. The van der Waals surface area contributed by atoms with Gasteiger partial charge in [-0.05, 0) is 18.9 Å². The lowest BCUT2D eigenvalue weighted by Crippen LogP contribution is -2.41. The van der Waals surface area contributed by atoms with Crippen LogP contribution in [-0.2, 0) is 8.85 Å². The molecule has 1 aromatic carbocycles. The molecule has 0 saturated heterocycles. The molecular weight excluding hydrogens is 280 g/mol. The van der Waals surface area contributed by atoms with E-state index in [-0.39, 0.29) is 5.19 Å². The predicted molar refractivity (Wildman–Crippen MR) is 65.5 cm³/mol. The summed E-state index contributed by atoms with van der Waals surface area (Å²) in [6.45, 7) is 4.27. The maximum Gasteiger partial charge on any atom is 0.359 e. The fourth-order valence-electron chi connectivity index (χ4n) is 1.44. The third kappa shape index (κ3) is 4.02. The summed E-state index contributed by atoms with van der Waals surface area (Å²) in [4.78, 5) is 0. The van der Waals surface area contributed by atoms with Crippen molar-refractivity contribution < 1.29 is 26.4 Å². The van der Waals surface area contributed by atoms with Crippen LogP contribution in [0.5, 0.6) is 0 Å². The second kappa shape index (κ2) is 7.61. The van der Waals surface area contributed by atoms with Crippen LogP contribution in [0.4, 0.5) is 17.6 Å². The molecule has 0 aliphatic rings. The molecule has 108 valence electrons. The highest BCUT2D eigenvalue weighted by Gasteiger charge is 2.27. The van der Waals surface area contributed by atoms with Gasteiger partial charge in [0.05, 0.1) is 0 Å². The number of hydrogen-bond acceptors (Lipinski definition) is 2. The molecule has 0 atom stereocenters. The molecule has 0 saturated carbocycles. The summed E-state index contributed by atoms with van der Waals surface area (Å²) in [6, 6.07) is 0.621. The summed E-state index contributed by atoms with van der Waals surface area (Å²) in [5, 5.41) is -0.335. The Morgan fingerprint density at radius 3 is 1.89 bits per heavy atom. The van der Waals surface area contributed by atoms with Gasteiger partial charge in [0.1, 0.15) is 0 Å². The standard InChI is InChI=1S/C12H16F4O2Si/c1-3-5-17-19(18-6-4-2)9-7-8(13)10(14)12(16)11(9)15/h7,19H,3-6H2,1-2H3. The van der Waals surface area contributed by atoms with Gasteiger partial charge in [0.25, 0.3) is 0 Å². The number of hydrogen-bond donors (Lipinski definition) is 0. The largest absolute Gasteiger partial charge is 0.393 e. The molecule has 1 aromatic rings. The second-order valence-corrected chi connectivity index (χ2v) is 5.92. The van der Waals surface area contributed by atoms with E-state index in [1.165, 1.54) is 0 Å². The molecule has 0 amide bonds. The van der Waals surface area contributed by atoms with Crippen LogP contribution in [0.3, 0.4) is 0 Å². The number of benzene rings is 1. The molecule has 1 rings (SSSR count). The summed E-state index contributed by atoms with van der Waals surface area (Å²) in [7, 11) is -2.77. The Kier molecular flexibility index (Phi) is 6.46.